The average molecular weight is 411 g/mol. The van der Waals surface area contributed by atoms with Crippen LogP contribution >= 0.6 is 0 Å². The van der Waals surface area contributed by atoms with E-state index in [4.69, 9.17) is 14.6 Å². The number of rotatable bonds is 5. The maximum Gasteiger partial charge on any atom is 0.274 e. The molecule has 1 fully saturated rings. The van der Waals surface area contributed by atoms with Crippen molar-refractivity contribution in [1.82, 2.24) is 20.0 Å². The molecule has 1 unspecified atom stereocenters. The molecule has 1 aromatic heterocycles. The Morgan fingerprint density at radius 1 is 1.20 bits per heavy atom. The van der Waals surface area contributed by atoms with E-state index < -0.39 is 0 Å². The second-order valence-corrected chi connectivity index (χ2v) is 8.45. The number of carbonyl (C=O) groups is 1. The van der Waals surface area contributed by atoms with Crippen LogP contribution in [0.4, 0.5) is 0 Å². The van der Waals surface area contributed by atoms with Gasteiger partial charge in [0, 0.05) is 43.5 Å². The zero-order valence-electron chi connectivity index (χ0n) is 17.7. The smallest absolute Gasteiger partial charge is 0.274 e. The van der Waals surface area contributed by atoms with Crippen molar-refractivity contribution in [3.05, 3.63) is 40.7 Å². The molecule has 1 atom stereocenters. The molecule has 0 spiro atoms. The van der Waals surface area contributed by atoms with Crippen LogP contribution in [0.25, 0.3) is 0 Å². The second-order valence-electron chi connectivity index (χ2n) is 8.45. The normalized spacial score (nSPS) is 20.3. The quantitative estimate of drug-likeness (QED) is 0.821. The summed E-state index contributed by atoms with van der Waals surface area (Å²) in [6.45, 7) is 5.70. The fraction of sp³-hybridized carbons (Fsp3) is 0.565. The van der Waals surface area contributed by atoms with Crippen LogP contribution < -0.4 is 14.8 Å². The number of aromatic nitrogens is 2. The largest absolute Gasteiger partial charge is 0.454 e. The first-order chi connectivity index (χ1) is 14.7. The van der Waals surface area contributed by atoms with Crippen LogP contribution in [-0.4, -0.2) is 46.5 Å². The predicted octanol–water partition coefficient (Wildman–Crippen LogP) is 2.90. The Morgan fingerprint density at radius 3 is 2.87 bits per heavy atom. The number of carbonyl (C=O) groups excluding carboxylic acids is 1. The third kappa shape index (κ3) is 3.67. The molecule has 1 N–H and O–H groups in total. The minimum absolute atomic E-state index is 0.120. The zero-order valence-corrected chi connectivity index (χ0v) is 17.7. The van der Waals surface area contributed by atoms with Gasteiger partial charge in [0.05, 0.1) is 0 Å². The molecule has 2 aromatic rings. The van der Waals surface area contributed by atoms with Gasteiger partial charge in [-0.3, -0.25) is 9.48 Å². The monoisotopic (exact) mass is 410 g/mol. The molecule has 1 amide bonds. The molecule has 7 heteroatoms. The van der Waals surface area contributed by atoms with E-state index in [2.05, 4.69) is 18.3 Å². The predicted molar refractivity (Wildman–Crippen MR) is 113 cm³/mol. The SMILES string of the molecule is CCn1nc(C(=O)N2CCCCC2)c2c1CCC(NCc1ccc3c(c1)OCO3)C2. The minimum atomic E-state index is 0.120. The molecule has 3 aliphatic rings. The Bertz CT molecular complexity index is 933. The van der Waals surface area contributed by atoms with E-state index >= 15 is 0 Å². The second kappa shape index (κ2) is 8.30. The summed E-state index contributed by atoms with van der Waals surface area (Å²) in [5.41, 5.74) is 4.27. The highest BCUT2D eigenvalue weighted by molar-refractivity contribution is 5.94. The highest BCUT2D eigenvalue weighted by atomic mass is 16.7. The van der Waals surface area contributed by atoms with Gasteiger partial charge in [0.1, 0.15) is 0 Å². The lowest BCUT2D eigenvalue weighted by Gasteiger charge is -2.28. The molecular weight excluding hydrogens is 380 g/mol. The van der Waals surface area contributed by atoms with Crippen LogP contribution in [0.3, 0.4) is 0 Å². The molecule has 1 aliphatic carbocycles. The number of hydrogen-bond donors (Lipinski definition) is 1. The molecule has 2 aliphatic heterocycles. The number of hydrogen-bond acceptors (Lipinski definition) is 5. The topological polar surface area (TPSA) is 68.6 Å². The molecule has 7 nitrogen and oxygen atoms in total. The number of likely N-dealkylation sites (tertiary alicyclic amines) is 1. The van der Waals surface area contributed by atoms with Crippen LogP contribution in [0, 0.1) is 0 Å². The maximum absolute atomic E-state index is 13.2. The molecule has 0 saturated carbocycles. The van der Waals surface area contributed by atoms with Gasteiger partial charge in [0.25, 0.3) is 5.91 Å². The van der Waals surface area contributed by atoms with Gasteiger partial charge in [-0.15, -0.1) is 0 Å². The highest BCUT2D eigenvalue weighted by Crippen LogP contribution is 2.33. The van der Waals surface area contributed by atoms with Gasteiger partial charge in [0.15, 0.2) is 17.2 Å². The molecule has 0 radical (unpaired) electrons. The van der Waals surface area contributed by atoms with Gasteiger partial charge in [0.2, 0.25) is 6.79 Å². The van der Waals surface area contributed by atoms with Gasteiger partial charge in [-0.2, -0.15) is 5.10 Å². The summed E-state index contributed by atoms with van der Waals surface area (Å²) in [5.74, 6) is 1.75. The summed E-state index contributed by atoms with van der Waals surface area (Å²) in [7, 11) is 0. The van der Waals surface area contributed by atoms with Crippen LogP contribution in [0.2, 0.25) is 0 Å². The van der Waals surface area contributed by atoms with Crippen molar-refractivity contribution < 1.29 is 14.3 Å². The van der Waals surface area contributed by atoms with Gasteiger partial charge < -0.3 is 19.7 Å². The molecule has 160 valence electrons. The standard InChI is InChI=1S/C23H30N4O3/c1-2-27-19-8-7-17(24-14-16-6-9-20-21(12-16)30-15-29-20)13-18(19)22(25-27)23(28)26-10-4-3-5-11-26/h6,9,12,17,24H,2-5,7-8,10-11,13-15H2,1H3. The van der Waals surface area contributed by atoms with E-state index in [1.807, 2.05) is 21.7 Å². The van der Waals surface area contributed by atoms with E-state index in [1.54, 1.807) is 0 Å². The third-order valence-electron chi connectivity index (χ3n) is 6.52. The molecular formula is C23H30N4O3. The number of ether oxygens (including phenoxy) is 2. The number of nitrogens with one attached hydrogen (secondary N) is 1. The summed E-state index contributed by atoms with van der Waals surface area (Å²) >= 11 is 0. The fourth-order valence-corrected chi connectivity index (χ4v) is 4.86. The lowest BCUT2D eigenvalue weighted by Crippen LogP contribution is -2.38. The lowest BCUT2D eigenvalue weighted by atomic mass is 9.90. The Hall–Kier alpha value is -2.54. The first-order valence-corrected chi connectivity index (χ1v) is 11.2. The van der Waals surface area contributed by atoms with Gasteiger partial charge >= 0.3 is 0 Å². The van der Waals surface area contributed by atoms with E-state index in [0.717, 1.165) is 75.3 Å². The Kier molecular flexibility index (Phi) is 5.37. The molecule has 5 rings (SSSR count). The van der Waals surface area contributed by atoms with Crippen LogP contribution in [-0.2, 0) is 25.9 Å². The van der Waals surface area contributed by atoms with Crippen LogP contribution in [0.1, 0.15) is 59.9 Å². The molecule has 1 aromatic carbocycles. The highest BCUT2D eigenvalue weighted by Gasteiger charge is 2.31. The molecule has 0 bridgehead atoms. The lowest BCUT2D eigenvalue weighted by molar-refractivity contribution is 0.0716. The van der Waals surface area contributed by atoms with Crippen LogP contribution in [0.15, 0.2) is 18.2 Å². The first-order valence-electron chi connectivity index (χ1n) is 11.2. The summed E-state index contributed by atoms with van der Waals surface area (Å²) in [5, 5.41) is 8.43. The van der Waals surface area contributed by atoms with Crippen molar-refractivity contribution in [3.63, 3.8) is 0 Å². The van der Waals surface area contributed by atoms with Gasteiger partial charge in [-0.1, -0.05) is 6.07 Å². The average Bonchev–Trinajstić information content (AvgIpc) is 3.41. The van der Waals surface area contributed by atoms with Crippen molar-refractivity contribution in [2.75, 3.05) is 19.9 Å². The summed E-state index contributed by atoms with van der Waals surface area (Å²) < 4.78 is 12.9. The molecule has 1 saturated heterocycles. The van der Waals surface area contributed by atoms with E-state index in [9.17, 15) is 4.79 Å². The van der Waals surface area contributed by atoms with Crippen molar-refractivity contribution >= 4 is 5.91 Å². The van der Waals surface area contributed by atoms with Crippen molar-refractivity contribution in [3.8, 4) is 11.5 Å². The van der Waals surface area contributed by atoms with E-state index in [0.29, 0.717) is 18.5 Å². The van der Waals surface area contributed by atoms with Crippen molar-refractivity contribution in [1.29, 1.82) is 0 Å². The fourth-order valence-electron chi connectivity index (χ4n) is 4.86. The summed E-state index contributed by atoms with van der Waals surface area (Å²) in [6, 6.07) is 6.43. The van der Waals surface area contributed by atoms with Crippen molar-refractivity contribution in [2.45, 2.75) is 64.6 Å². The van der Waals surface area contributed by atoms with Gasteiger partial charge in [-0.25, -0.2) is 0 Å². The number of fused-ring (bicyclic) bond motifs is 2. The minimum Gasteiger partial charge on any atom is -0.454 e. The Morgan fingerprint density at radius 2 is 2.03 bits per heavy atom. The van der Waals surface area contributed by atoms with E-state index in [1.165, 1.54) is 17.7 Å². The van der Waals surface area contributed by atoms with Crippen LogP contribution in [0.5, 0.6) is 11.5 Å². The number of benzene rings is 1. The molecule has 30 heavy (non-hydrogen) atoms. The maximum atomic E-state index is 13.2. The molecule has 3 heterocycles. The number of amides is 1. The number of aryl methyl sites for hydroxylation is 1. The zero-order chi connectivity index (χ0) is 20.5. The Labute approximate surface area is 177 Å². The number of nitrogens with zero attached hydrogens (tertiary/aromatic N) is 3. The number of piperidine rings is 1. The summed E-state index contributed by atoms with van der Waals surface area (Å²) in [4.78, 5) is 15.2. The third-order valence-corrected chi connectivity index (χ3v) is 6.52. The Balaban J connectivity index is 1.30. The van der Waals surface area contributed by atoms with Crippen molar-refractivity contribution in [2.24, 2.45) is 0 Å². The van der Waals surface area contributed by atoms with E-state index in [-0.39, 0.29) is 5.91 Å². The summed E-state index contributed by atoms with van der Waals surface area (Å²) in [6.07, 6.45) is 6.29. The van der Waals surface area contributed by atoms with Gasteiger partial charge in [-0.05, 0) is 63.1 Å². The first kappa shape index (κ1) is 19.4.